The molecule has 4 heteroatoms. The van der Waals surface area contributed by atoms with Crippen molar-refractivity contribution < 1.29 is 4.39 Å². The molecule has 0 aliphatic heterocycles. The van der Waals surface area contributed by atoms with E-state index in [9.17, 15) is 4.39 Å². The van der Waals surface area contributed by atoms with Crippen LogP contribution in [0.3, 0.4) is 0 Å². The summed E-state index contributed by atoms with van der Waals surface area (Å²) in [5, 5.41) is 0. The summed E-state index contributed by atoms with van der Waals surface area (Å²) >= 11 is 0. The van der Waals surface area contributed by atoms with E-state index in [1.165, 1.54) is 6.07 Å². The molecule has 0 saturated heterocycles. The lowest BCUT2D eigenvalue weighted by Gasteiger charge is -2.22. The topological polar surface area (TPSA) is 42.1 Å². The van der Waals surface area contributed by atoms with Crippen LogP contribution in [0.4, 0.5) is 15.9 Å². The van der Waals surface area contributed by atoms with Crippen molar-refractivity contribution in [2.75, 3.05) is 17.2 Å². The van der Waals surface area contributed by atoms with E-state index in [0.29, 0.717) is 24.6 Å². The summed E-state index contributed by atoms with van der Waals surface area (Å²) in [6.45, 7) is 3.25. The van der Waals surface area contributed by atoms with Crippen LogP contribution in [0.25, 0.3) is 0 Å². The van der Waals surface area contributed by atoms with Gasteiger partial charge in [-0.2, -0.15) is 0 Å². The van der Waals surface area contributed by atoms with Crippen molar-refractivity contribution in [2.45, 2.75) is 13.5 Å². The van der Waals surface area contributed by atoms with Gasteiger partial charge in [0.25, 0.3) is 0 Å². The molecule has 2 N–H and O–H groups in total. The predicted molar refractivity (Wildman–Crippen MR) is 71.8 cm³/mol. The van der Waals surface area contributed by atoms with E-state index in [1.807, 2.05) is 36.1 Å². The number of hydrogen-bond donors (Lipinski definition) is 1. The van der Waals surface area contributed by atoms with Gasteiger partial charge in [-0.3, -0.25) is 0 Å². The van der Waals surface area contributed by atoms with Crippen LogP contribution in [0, 0.1) is 5.82 Å². The Kier molecular flexibility index (Phi) is 3.77. The Morgan fingerprint density at radius 3 is 2.78 bits per heavy atom. The fourth-order valence-electron chi connectivity index (χ4n) is 1.86. The molecule has 0 spiro atoms. The van der Waals surface area contributed by atoms with Crippen molar-refractivity contribution >= 4 is 11.5 Å². The number of pyridine rings is 1. The van der Waals surface area contributed by atoms with Crippen LogP contribution < -0.4 is 10.6 Å². The monoisotopic (exact) mass is 245 g/mol. The zero-order valence-corrected chi connectivity index (χ0v) is 10.3. The minimum absolute atomic E-state index is 0.303. The van der Waals surface area contributed by atoms with Gasteiger partial charge in [0.2, 0.25) is 0 Å². The van der Waals surface area contributed by atoms with Crippen molar-refractivity contribution in [1.82, 2.24) is 4.98 Å². The van der Waals surface area contributed by atoms with Crippen LogP contribution in [0.2, 0.25) is 0 Å². The second kappa shape index (κ2) is 5.49. The molecule has 0 amide bonds. The summed E-state index contributed by atoms with van der Waals surface area (Å²) in [5.41, 5.74) is 7.49. The van der Waals surface area contributed by atoms with Gasteiger partial charge in [0, 0.05) is 25.0 Å². The molecular weight excluding hydrogens is 229 g/mol. The van der Waals surface area contributed by atoms with E-state index < -0.39 is 0 Å². The first-order valence-corrected chi connectivity index (χ1v) is 5.90. The van der Waals surface area contributed by atoms with Gasteiger partial charge in [-0.05, 0) is 36.8 Å². The zero-order valence-electron chi connectivity index (χ0n) is 10.3. The van der Waals surface area contributed by atoms with Gasteiger partial charge < -0.3 is 10.6 Å². The van der Waals surface area contributed by atoms with Gasteiger partial charge in [-0.1, -0.05) is 12.1 Å². The van der Waals surface area contributed by atoms with E-state index in [4.69, 9.17) is 5.73 Å². The van der Waals surface area contributed by atoms with Crippen LogP contribution in [0.15, 0.2) is 42.6 Å². The lowest BCUT2D eigenvalue weighted by molar-refractivity contribution is 0.609. The molecule has 0 fully saturated rings. The summed E-state index contributed by atoms with van der Waals surface area (Å²) in [6, 6.07) is 10.6. The third kappa shape index (κ3) is 2.77. The number of aromatic nitrogens is 1. The summed E-state index contributed by atoms with van der Waals surface area (Å²) < 4.78 is 13.7. The van der Waals surface area contributed by atoms with Crippen molar-refractivity contribution in [3.63, 3.8) is 0 Å². The van der Waals surface area contributed by atoms with Gasteiger partial charge >= 0.3 is 0 Å². The molecular formula is C14H16FN3. The first kappa shape index (κ1) is 12.4. The van der Waals surface area contributed by atoms with Crippen LogP contribution in [-0.4, -0.2) is 11.5 Å². The second-order valence-electron chi connectivity index (χ2n) is 4.07. The Balaban J connectivity index is 2.23. The highest BCUT2D eigenvalue weighted by Gasteiger charge is 2.11. The molecule has 0 saturated carbocycles. The average Bonchev–Trinajstić information content (AvgIpc) is 2.37. The molecule has 2 rings (SSSR count). The van der Waals surface area contributed by atoms with Gasteiger partial charge in [0.05, 0.1) is 0 Å². The number of halogens is 1. The number of nitrogens with two attached hydrogens (primary N) is 1. The number of rotatable bonds is 4. The summed E-state index contributed by atoms with van der Waals surface area (Å²) in [4.78, 5) is 5.97. The number of hydrogen-bond acceptors (Lipinski definition) is 3. The highest BCUT2D eigenvalue weighted by Crippen LogP contribution is 2.18. The first-order valence-electron chi connectivity index (χ1n) is 5.90. The number of nitrogen functional groups attached to an aromatic ring is 1. The molecule has 0 unspecified atom stereocenters. The molecule has 18 heavy (non-hydrogen) atoms. The lowest BCUT2D eigenvalue weighted by atomic mass is 10.2. The Morgan fingerprint density at radius 1 is 1.28 bits per heavy atom. The average molecular weight is 245 g/mol. The van der Waals surface area contributed by atoms with Gasteiger partial charge in [-0.15, -0.1) is 0 Å². The molecule has 0 radical (unpaired) electrons. The third-order valence-electron chi connectivity index (χ3n) is 2.74. The Morgan fingerprint density at radius 2 is 2.11 bits per heavy atom. The van der Waals surface area contributed by atoms with E-state index in [1.54, 1.807) is 12.3 Å². The van der Waals surface area contributed by atoms with Crippen LogP contribution in [0.1, 0.15) is 12.5 Å². The number of nitrogens with zero attached hydrogens (tertiary/aromatic N) is 2. The van der Waals surface area contributed by atoms with Gasteiger partial charge in [-0.25, -0.2) is 9.37 Å². The van der Waals surface area contributed by atoms with Crippen molar-refractivity contribution in [3.05, 3.63) is 54.0 Å². The molecule has 0 aliphatic carbocycles. The Labute approximate surface area is 106 Å². The molecule has 1 aromatic carbocycles. The van der Waals surface area contributed by atoms with E-state index in [0.717, 1.165) is 5.56 Å². The number of benzene rings is 1. The maximum absolute atomic E-state index is 13.7. The smallest absolute Gasteiger partial charge is 0.165 e. The Hall–Kier alpha value is -2.10. The first-order chi connectivity index (χ1) is 8.70. The van der Waals surface area contributed by atoms with Crippen LogP contribution >= 0.6 is 0 Å². The Bertz CT molecular complexity index is 528. The molecule has 1 aromatic heterocycles. The molecule has 0 aliphatic rings. The standard InChI is InChI=1S/C14H16FN3/c1-2-18(14-13(15)7-4-8-17-14)10-11-5-3-6-12(16)9-11/h3-9H,2,10,16H2,1H3. The second-order valence-corrected chi connectivity index (χ2v) is 4.07. The molecule has 1 heterocycles. The maximum atomic E-state index is 13.7. The quantitative estimate of drug-likeness (QED) is 0.842. The van der Waals surface area contributed by atoms with Crippen LogP contribution in [0.5, 0.6) is 0 Å². The summed E-state index contributed by atoms with van der Waals surface area (Å²) in [7, 11) is 0. The van der Waals surface area contributed by atoms with Crippen molar-refractivity contribution in [1.29, 1.82) is 0 Å². The molecule has 94 valence electrons. The van der Waals surface area contributed by atoms with Crippen molar-refractivity contribution in [2.24, 2.45) is 0 Å². The van der Waals surface area contributed by atoms with E-state index in [-0.39, 0.29) is 5.82 Å². The molecule has 3 nitrogen and oxygen atoms in total. The third-order valence-corrected chi connectivity index (χ3v) is 2.74. The highest BCUT2D eigenvalue weighted by atomic mass is 19.1. The van der Waals surface area contributed by atoms with E-state index >= 15 is 0 Å². The fraction of sp³-hybridized carbons (Fsp3) is 0.214. The maximum Gasteiger partial charge on any atom is 0.165 e. The van der Waals surface area contributed by atoms with E-state index in [2.05, 4.69) is 4.98 Å². The van der Waals surface area contributed by atoms with Gasteiger partial charge in [0.1, 0.15) is 0 Å². The number of anilines is 2. The van der Waals surface area contributed by atoms with Gasteiger partial charge in [0.15, 0.2) is 11.6 Å². The minimum atomic E-state index is -0.303. The lowest BCUT2D eigenvalue weighted by Crippen LogP contribution is -2.24. The molecule has 2 aromatic rings. The predicted octanol–water partition coefficient (Wildman–Crippen LogP) is 2.83. The van der Waals surface area contributed by atoms with Crippen molar-refractivity contribution in [3.8, 4) is 0 Å². The normalized spacial score (nSPS) is 10.3. The minimum Gasteiger partial charge on any atom is -0.399 e. The largest absolute Gasteiger partial charge is 0.399 e. The molecule has 0 atom stereocenters. The SMILES string of the molecule is CCN(Cc1cccc(N)c1)c1ncccc1F. The summed E-state index contributed by atoms with van der Waals surface area (Å²) in [6.07, 6.45) is 1.60. The molecule has 0 bridgehead atoms. The highest BCUT2D eigenvalue weighted by molar-refractivity contribution is 5.44. The summed E-state index contributed by atoms with van der Waals surface area (Å²) in [5.74, 6) is 0.0747. The zero-order chi connectivity index (χ0) is 13.0. The van der Waals surface area contributed by atoms with Crippen LogP contribution in [-0.2, 0) is 6.54 Å². The fourth-order valence-corrected chi connectivity index (χ4v) is 1.86.